The van der Waals surface area contributed by atoms with Crippen LogP contribution in [0.3, 0.4) is 0 Å². The zero-order valence-corrected chi connectivity index (χ0v) is 17.8. The Labute approximate surface area is 181 Å². The van der Waals surface area contributed by atoms with E-state index in [1.54, 1.807) is 12.1 Å². The molecule has 1 aromatic heterocycles. The van der Waals surface area contributed by atoms with Gasteiger partial charge in [0.05, 0.1) is 12.5 Å². The molecule has 1 amide bonds. The van der Waals surface area contributed by atoms with Crippen molar-refractivity contribution < 1.29 is 9.32 Å². The van der Waals surface area contributed by atoms with Gasteiger partial charge in [0.15, 0.2) is 0 Å². The number of aromatic nitrogens is 2. The molecule has 1 aliphatic heterocycles. The highest BCUT2D eigenvalue weighted by atomic mass is 35.5. The highest BCUT2D eigenvalue weighted by molar-refractivity contribution is 6.30. The molecule has 3 aromatic rings. The van der Waals surface area contributed by atoms with Gasteiger partial charge in [-0.1, -0.05) is 47.1 Å². The van der Waals surface area contributed by atoms with Crippen LogP contribution in [0.15, 0.2) is 59.1 Å². The molecule has 2 heterocycles. The zero-order chi connectivity index (χ0) is 20.9. The summed E-state index contributed by atoms with van der Waals surface area (Å²) in [6.45, 7) is 2.80. The molecular formula is C23H25ClN4O2. The SMILES string of the molecule is CN(Cc1ccccc1)C(=O)C1CCCN(Cc2nc(-c3ccc(Cl)cc3)no2)C1. The first-order chi connectivity index (χ1) is 14.6. The van der Waals surface area contributed by atoms with Crippen LogP contribution in [0.25, 0.3) is 11.4 Å². The van der Waals surface area contributed by atoms with Crippen molar-refractivity contribution in [1.29, 1.82) is 0 Å². The molecule has 1 saturated heterocycles. The number of halogens is 1. The lowest BCUT2D eigenvalue weighted by Gasteiger charge is -2.33. The van der Waals surface area contributed by atoms with Crippen molar-refractivity contribution in [2.24, 2.45) is 5.92 Å². The molecule has 0 spiro atoms. The topological polar surface area (TPSA) is 62.5 Å². The molecule has 1 fully saturated rings. The predicted octanol–water partition coefficient (Wildman–Crippen LogP) is 4.26. The first-order valence-corrected chi connectivity index (χ1v) is 10.6. The van der Waals surface area contributed by atoms with E-state index >= 15 is 0 Å². The smallest absolute Gasteiger partial charge is 0.241 e. The minimum atomic E-state index is -0.00822. The molecule has 1 unspecified atom stereocenters. The Morgan fingerprint density at radius 3 is 2.73 bits per heavy atom. The third kappa shape index (κ3) is 5.07. The second-order valence-corrected chi connectivity index (χ2v) is 8.21. The number of piperidine rings is 1. The minimum Gasteiger partial charge on any atom is -0.341 e. The van der Waals surface area contributed by atoms with Crippen LogP contribution < -0.4 is 0 Å². The van der Waals surface area contributed by atoms with E-state index in [2.05, 4.69) is 15.0 Å². The monoisotopic (exact) mass is 424 g/mol. The molecule has 0 radical (unpaired) electrons. The van der Waals surface area contributed by atoms with Gasteiger partial charge in [-0.15, -0.1) is 0 Å². The lowest BCUT2D eigenvalue weighted by Crippen LogP contribution is -2.43. The number of hydrogen-bond donors (Lipinski definition) is 0. The van der Waals surface area contributed by atoms with Gasteiger partial charge in [0, 0.05) is 30.7 Å². The first kappa shape index (κ1) is 20.6. The number of amides is 1. The fourth-order valence-electron chi connectivity index (χ4n) is 3.87. The van der Waals surface area contributed by atoms with Crippen LogP contribution in [0, 0.1) is 5.92 Å². The van der Waals surface area contributed by atoms with E-state index < -0.39 is 0 Å². The van der Waals surface area contributed by atoms with Crippen LogP contribution in [0.5, 0.6) is 0 Å². The average molecular weight is 425 g/mol. The summed E-state index contributed by atoms with van der Waals surface area (Å²) in [7, 11) is 1.88. The second kappa shape index (κ2) is 9.41. The minimum absolute atomic E-state index is 0.00822. The lowest BCUT2D eigenvalue weighted by atomic mass is 9.96. The van der Waals surface area contributed by atoms with Crippen LogP contribution in [-0.4, -0.2) is 46.0 Å². The van der Waals surface area contributed by atoms with Crippen LogP contribution in [0.1, 0.15) is 24.3 Å². The number of carbonyl (C=O) groups is 1. The Kier molecular flexibility index (Phi) is 6.45. The van der Waals surface area contributed by atoms with Gasteiger partial charge >= 0.3 is 0 Å². The summed E-state index contributed by atoms with van der Waals surface area (Å²) in [5.41, 5.74) is 2.00. The maximum absolute atomic E-state index is 13.0. The summed E-state index contributed by atoms with van der Waals surface area (Å²) in [5.74, 6) is 1.29. The molecule has 7 heteroatoms. The van der Waals surface area contributed by atoms with Gasteiger partial charge in [-0.05, 0) is 49.2 Å². The van der Waals surface area contributed by atoms with Crippen LogP contribution in [0.4, 0.5) is 0 Å². The first-order valence-electron chi connectivity index (χ1n) is 10.2. The van der Waals surface area contributed by atoms with Crippen molar-refractivity contribution in [3.63, 3.8) is 0 Å². The summed E-state index contributed by atoms with van der Waals surface area (Å²) in [5, 5.41) is 4.75. The molecule has 0 bridgehead atoms. The number of hydrogen-bond acceptors (Lipinski definition) is 5. The molecule has 4 rings (SSSR count). The van der Waals surface area contributed by atoms with Crippen molar-refractivity contribution >= 4 is 17.5 Å². The van der Waals surface area contributed by atoms with Crippen LogP contribution >= 0.6 is 11.6 Å². The summed E-state index contributed by atoms with van der Waals surface area (Å²) >= 11 is 5.94. The number of nitrogens with zero attached hydrogens (tertiary/aromatic N) is 4. The number of carbonyl (C=O) groups excluding carboxylic acids is 1. The third-order valence-corrected chi connectivity index (χ3v) is 5.67. The molecule has 6 nitrogen and oxygen atoms in total. The second-order valence-electron chi connectivity index (χ2n) is 7.77. The summed E-state index contributed by atoms with van der Waals surface area (Å²) < 4.78 is 5.44. The van der Waals surface area contributed by atoms with Crippen LogP contribution in [0.2, 0.25) is 5.02 Å². The van der Waals surface area contributed by atoms with Gasteiger partial charge in [0.1, 0.15) is 0 Å². The Morgan fingerprint density at radius 1 is 1.20 bits per heavy atom. The summed E-state index contributed by atoms with van der Waals surface area (Å²) in [6, 6.07) is 17.4. The molecule has 2 aromatic carbocycles. The largest absolute Gasteiger partial charge is 0.341 e. The molecule has 1 aliphatic rings. The van der Waals surface area contributed by atoms with E-state index in [-0.39, 0.29) is 11.8 Å². The van der Waals surface area contributed by atoms with Gasteiger partial charge in [-0.25, -0.2) is 0 Å². The third-order valence-electron chi connectivity index (χ3n) is 5.42. The van der Waals surface area contributed by atoms with Gasteiger partial charge in [0.25, 0.3) is 0 Å². The molecule has 0 saturated carbocycles. The van der Waals surface area contributed by atoms with E-state index in [0.717, 1.165) is 30.5 Å². The van der Waals surface area contributed by atoms with Gasteiger partial charge in [0.2, 0.25) is 17.6 Å². The lowest BCUT2D eigenvalue weighted by molar-refractivity contribution is -0.136. The maximum atomic E-state index is 13.0. The van der Waals surface area contributed by atoms with Crippen molar-refractivity contribution in [1.82, 2.24) is 19.9 Å². The molecule has 0 aliphatic carbocycles. The van der Waals surface area contributed by atoms with E-state index in [1.807, 2.05) is 54.4 Å². The van der Waals surface area contributed by atoms with E-state index in [9.17, 15) is 4.79 Å². The fraction of sp³-hybridized carbons (Fsp3) is 0.348. The molecule has 0 N–H and O–H groups in total. The highest BCUT2D eigenvalue weighted by Crippen LogP contribution is 2.22. The fourth-order valence-corrected chi connectivity index (χ4v) is 4.00. The maximum Gasteiger partial charge on any atom is 0.241 e. The number of likely N-dealkylation sites (tertiary alicyclic amines) is 1. The Hall–Kier alpha value is -2.70. The molecule has 1 atom stereocenters. The average Bonchev–Trinajstić information content (AvgIpc) is 3.23. The van der Waals surface area contributed by atoms with E-state index in [4.69, 9.17) is 16.1 Å². The Morgan fingerprint density at radius 2 is 1.97 bits per heavy atom. The zero-order valence-electron chi connectivity index (χ0n) is 17.0. The van der Waals surface area contributed by atoms with Crippen molar-refractivity contribution in [2.45, 2.75) is 25.9 Å². The summed E-state index contributed by atoms with van der Waals surface area (Å²) in [6.07, 6.45) is 1.89. The van der Waals surface area contributed by atoms with E-state index in [1.165, 1.54) is 0 Å². The molecule has 156 valence electrons. The number of benzene rings is 2. The highest BCUT2D eigenvalue weighted by Gasteiger charge is 2.29. The molecule has 30 heavy (non-hydrogen) atoms. The molecular weight excluding hydrogens is 400 g/mol. The normalized spacial score (nSPS) is 17.1. The van der Waals surface area contributed by atoms with Gasteiger partial charge in [-0.2, -0.15) is 4.98 Å². The van der Waals surface area contributed by atoms with Crippen LogP contribution in [-0.2, 0) is 17.9 Å². The standard InChI is InChI=1S/C23H25ClN4O2/c1-27(14-17-6-3-2-4-7-17)23(29)19-8-5-13-28(15-19)16-21-25-22(26-30-21)18-9-11-20(24)12-10-18/h2-4,6-7,9-12,19H,5,8,13-16H2,1H3. The van der Waals surface area contributed by atoms with Crippen molar-refractivity contribution in [2.75, 3.05) is 20.1 Å². The van der Waals surface area contributed by atoms with Crippen molar-refractivity contribution in [3.05, 3.63) is 71.1 Å². The van der Waals surface area contributed by atoms with E-state index in [0.29, 0.717) is 36.4 Å². The Bertz CT molecular complexity index is 974. The van der Waals surface area contributed by atoms with Gasteiger partial charge < -0.3 is 9.42 Å². The predicted molar refractivity (Wildman–Crippen MR) is 116 cm³/mol. The van der Waals surface area contributed by atoms with Crippen molar-refractivity contribution in [3.8, 4) is 11.4 Å². The number of rotatable bonds is 6. The Balaban J connectivity index is 1.35. The van der Waals surface area contributed by atoms with Gasteiger partial charge in [-0.3, -0.25) is 9.69 Å². The summed E-state index contributed by atoms with van der Waals surface area (Å²) in [4.78, 5) is 21.5. The quantitative estimate of drug-likeness (QED) is 0.591.